The SMILES string of the molecule is ONCC1=CC(Cl)NC(Cl)=C1. The highest BCUT2D eigenvalue weighted by atomic mass is 35.5. The van der Waals surface area contributed by atoms with Crippen LogP contribution in [0.25, 0.3) is 0 Å². The summed E-state index contributed by atoms with van der Waals surface area (Å²) in [5, 5.41) is 11.6. The molecule has 1 atom stereocenters. The molecule has 1 aliphatic rings. The highest BCUT2D eigenvalue weighted by molar-refractivity contribution is 6.30. The lowest BCUT2D eigenvalue weighted by molar-refractivity contribution is 0.177. The van der Waals surface area contributed by atoms with Crippen LogP contribution in [0.15, 0.2) is 22.9 Å². The summed E-state index contributed by atoms with van der Waals surface area (Å²) in [5.41, 5.74) is 2.58. The minimum atomic E-state index is -0.296. The van der Waals surface area contributed by atoms with E-state index in [0.717, 1.165) is 5.57 Å². The molecule has 11 heavy (non-hydrogen) atoms. The molecule has 5 heteroatoms. The number of halogens is 2. The quantitative estimate of drug-likeness (QED) is 0.351. The Hall–Kier alpha value is -0.220. The van der Waals surface area contributed by atoms with Crippen molar-refractivity contribution in [2.75, 3.05) is 6.54 Å². The van der Waals surface area contributed by atoms with Crippen LogP contribution in [0.1, 0.15) is 0 Å². The fourth-order valence-corrected chi connectivity index (χ4v) is 1.41. The van der Waals surface area contributed by atoms with Gasteiger partial charge in [0.2, 0.25) is 0 Å². The van der Waals surface area contributed by atoms with Crippen molar-refractivity contribution in [3.63, 3.8) is 0 Å². The summed E-state index contributed by atoms with van der Waals surface area (Å²) in [4.78, 5) is 0. The first-order valence-corrected chi connectivity index (χ1v) is 3.89. The van der Waals surface area contributed by atoms with Gasteiger partial charge in [-0.05, 0) is 17.7 Å². The van der Waals surface area contributed by atoms with Crippen molar-refractivity contribution in [1.29, 1.82) is 0 Å². The predicted molar refractivity (Wildman–Crippen MR) is 44.6 cm³/mol. The molecule has 3 N–H and O–H groups in total. The van der Waals surface area contributed by atoms with Gasteiger partial charge in [0, 0.05) is 6.54 Å². The molecule has 62 valence electrons. The summed E-state index contributed by atoms with van der Waals surface area (Å²) >= 11 is 11.4. The van der Waals surface area contributed by atoms with Crippen LogP contribution >= 0.6 is 23.2 Å². The number of dihydropyridines is 1. The van der Waals surface area contributed by atoms with Crippen LogP contribution in [-0.2, 0) is 0 Å². The van der Waals surface area contributed by atoms with Crippen molar-refractivity contribution >= 4 is 23.2 Å². The van der Waals surface area contributed by atoms with Gasteiger partial charge >= 0.3 is 0 Å². The molecular formula is C6H8Cl2N2O. The van der Waals surface area contributed by atoms with Crippen LogP contribution in [0.4, 0.5) is 0 Å². The maximum atomic E-state index is 8.36. The van der Waals surface area contributed by atoms with Gasteiger partial charge in [0.25, 0.3) is 0 Å². The molecular weight excluding hydrogens is 187 g/mol. The van der Waals surface area contributed by atoms with Gasteiger partial charge in [0.15, 0.2) is 0 Å². The lowest BCUT2D eigenvalue weighted by atomic mass is 10.2. The first-order valence-electron chi connectivity index (χ1n) is 3.08. The van der Waals surface area contributed by atoms with Crippen molar-refractivity contribution in [3.8, 4) is 0 Å². The third-order valence-corrected chi connectivity index (χ3v) is 1.68. The summed E-state index contributed by atoms with van der Waals surface area (Å²) < 4.78 is 0. The molecule has 1 heterocycles. The van der Waals surface area contributed by atoms with Crippen LogP contribution in [0.5, 0.6) is 0 Å². The standard InChI is InChI=1S/C6H8Cl2N2O/c7-5-1-4(3-9-11)2-6(8)10-5/h1-2,5,9-11H,3H2. The molecule has 0 aromatic heterocycles. The van der Waals surface area contributed by atoms with Gasteiger partial charge < -0.3 is 10.5 Å². The topological polar surface area (TPSA) is 44.3 Å². The van der Waals surface area contributed by atoms with Gasteiger partial charge in [-0.2, -0.15) is 0 Å². The molecule has 3 nitrogen and oxygen atoms in total. The number of hydrogen-bond acceptors (Lipinski definition) is 3. The van der Waals surface area contributed by atoms with E-state index in [0.29, 0.717) is 11.7 Å². The Morgan fingerprint density at radius 2 is 2.45 bits per heavy atom. The Morgan fingerprint density at radius 1 is 1.73 bits per heavy atom. The monoisotopic (exact) mass is 194 g/mol. The minimum absolute atomic E-state index is 0.296. The molecule has 1 unspecified atom stereocenters. The zero-order valence-electron chi connectivity index (χ0n) is 5.64. The largest absolute Gasteiger partial charge is 0.357 e. The maximum absolute atomic E-state index is 8.36. The van der Waals surface area contributed by atoms with Gasteiger partial charge in [-0.1, -0.05) is 23.2 Å². The third kappa shape index (κ3) is 2.71. The average molecular weight is 195 g/mol. The molecule has 0 fully saturated rings. The highest BCUT2D eigenvalue weighted by Crippen LogP contribution is 2.13. The molecule has 0 radical (unpaired) electrons. The van der Waals surface area contributed by atoms with Crippen LogP contribution in [0, 0.1) is 0 Å². The van der Waals surface area contributed by atoms with E-state index in [2.05, 4.69) is 5.32 Å². The third-order valence-electron chi connectivity index (χ3n) is 1.23. The van der Waals surface area contributed by atoms with Crippen LogP contribution < -0.4 is 10.8 Å². The summed E-state index contributed by atoms with van der Waals surface area (Å²) in [7, 11) is 0. The van der Waals surface area contributed by atoms with Crippen LogP contribution in [-0.4, -0.2) is 17.3 Å². The lowest BCUT2D eigenvalue weighted by Gasteiger charge is -2.15. The van der Waals surface area contributed by atoms with E-state index in [1.165, 1.54) is 0 Å². The number of hydrogen-bond donors (Lipinski definition) is 3. The highest BCUT2D eigenvalue weighted by Gasteiger charge is 2.08. The Kier molecular flexibility index (Phi) is 3.20. The predicted octanol–water partition coefficient (Wildman–Crippen LogP) is 1.14. The molecule has 0 aliphatic carbocycles. The normalized spacial score (nSPS) is 23.7. The Balaban J connectivity index is 2.62. The van der Waals surface area contributed by atoms with Gasteiger partial charge in [-0.3, -0.25) is 0 Å². The zero-order chi connectivity index (χ0) is 8.27. The molecule has 1 rings (SSSR count). The van der Waals surface area contributed by atoms with Gasteiger partial charge in [-0.15, -0.1) is 0 Å². The van der Waals surface area contributed by atoms with E-state index in [-0.39, 0.29) is 5.50 Å². The molecule has 0 amide bonds. The fraction of sp³-hybridized carbons (Fsp3) is 0.333. The number of alkyl halides is 1. The smallest absolute Gasteiger partial charge is 0.121 e. The van der Waals surface area contributed by atoms with E-state index in [4.69, 9.17) is 28.4 Å². The molecule has 0 saturated carbocycles. The molecule has 1 aliphatic heterocycles. The Bertz CT molecular complexity index is 203. The summed E-state index contributed by atoms with van der Waals surface area (Å²) in [6, 6.07) is 0. The number of nitrogens with one attached hydrogen (secondary N) is 2. The molecule has 0 spiro atoms. The lowest BCUT2D eigenvalue weighted by Crippen LogP contribution is -2.24. The van der Waals surface area contributed by atoms with Gasteiger partial charge in [0.05, 0.1) is 0 Å². The van der Waals surface area contributed by atoms with Crippen molar-refractivity contribution in [1.82, 2.24) is 10.8 Å². The second kappa shape index (κ2) is 3.97. The number of hydroxylamine groups is 1. The van der Waals surface area contributed by atoms with E-state index in [9.17, 15) is 0 Å². The average Bonchev–Trinajstić information content (AvgIpc) is 1.85. The summed E-state index contributed by atoms with van der Waals surface area (Å²) in [5.74, 6) is 0. The summed E-state index contributed by atoms with van der Waals surface area (Å²) in [6.45, 7) is 0.348. The van der Waals surface area contributed by atoms with E-state index in [1.807, 2.05) is 5.48 Å². The fourth-order valence-electron chi connectivity index (χ4n) is 0.815. The second-order valence-electron chi connectivity index (χ2n) is 2.11. The van der Waals surface area contributed by atoms with Crippen molar-refractivity contribution in [2.24, 2.45) is 0 Å². The Morgan fingerprint density at radius 3 is 3.00 bits per heavy atom. The minimum Gasteiger partial charge on any atom is -0.357 e. The van der Waals surface area contributed by atoms with E-state index in [1.54, 1.807) is 12.2 Å². The van der Waals surface area contributed by atoms with Crippen molar-refractivity contribution < 1.29 is 5.21 Å². The van der Waals surface area contributed by atoms with E-state index >= 15 is 0 Å². The molecule has 0 bridgehead atoms. The van der Waals surface area contributed by atoms with Crippen LogP contribution in [0.2, 0.25) is 0 Å². The first kappa shape index (κ1) is 8.87. The maximum Gasteiger partial charge on any atom is 0.121 e. The van der Waals surface area contributed by atoms with Gasteiger partial charge in [-0.25, -0.2) is 5.48 Å². The van der Waals surface area contributed by atoms with Crippen LogP contribution in [0.3, 0.4) is 0 Å². The zero-order valence-corrected chi connectivity index (χ0v) is 7.15. The Labute approximate surface area is 74.6 Å². The second-order valence-corrected chi connectivity index (χ2v) is 2.99. The summed E-state index contributed by atoms with van der Waals surface area (Å²) in [6.07, 6.45) is 3.46. The molecule has 0 aromatic rings. The molecule has 0 saturated heterocycles. The first-order chi connectivity index (χ1) is 5.22. The van der Waals surface area contributed by atoms with Crippen molar-refractivity contribution in [2.45, 2.75) is 5.50 Å². The molecule has 0 aromatic carbocycles. The van der Waals surface area contributed by atoms with E-state index < -0.39 is 0 Å². The van der Waals surface area contributed by atoms with Crippen molar-refractivity contribution in [3.05, 3.63) is 22.9 Å². The number of rotatable bonds is 2. The van der Waals surface area contributed by atoms with Gasteiger partial charge in [0.1, 0.15) is 10.7 Å².